The molecule has 3 aliphatic heterocycles. The topological polar surface area (TPSA) is 54.4 Å². The van der Waals surface area contributed by atoms with Crippen molar-refractivity contribution < 1.29 is 9.13 Å². The quantitative estimate of drug-likeness (QED) is 0.220. The molecule has 228 valence electrons. The Morgan fingerprint density at radius 3 is 2.60 bits per heavy atom. The number of rotatable bonds is 5. The maximum Gasteiger partial charge on any atom is 0.319 e. The molecule has 6 nitrogen and oxygen atoms in total. The predicted octanol–water partition coefficient (Wildman–Crippen LogP) is 7.97. The Morgan fingerprint density at radius 2 is 1.81 bits per heavy atom. The van der Waals surface area contributed by atoms with E-state index in [1.807, 2.05) is 36.4 Å². The van der Waals surface area contributed by atoms with Gasteiger partial charge in [-0.15, -0.1) is 24.8 Å². The summed E-state index contributed by atoms with van der Waals surface area (Å²) in [5.74, 6) is 2.25. The Morgan fingerprint density at radius 1 is 1.05 bits per heavy atom. The van der Waals surface area contributed by atoms with Crippen LogP contribution >= 0.6 is 36.4 Å². The van der Waals surface area contributed by atoms with E-state index in [1.54, 1.807) is 6.20 Å². The molecule has 4 aliphatic rings. The molecule has 10 heteroatoms. The molecular formula is C33H37Cl3FN5O. The summed E-state index contributed by atoms with van der Waals surface area (Å²) < 4.78 is 23.1. The lowest BCUT2D eigenvalue weighted by Gasteiger charge is -2.34. The van der Waals surface area contributed by atoms with Gasteiger partial charge >= 0.3 is 6.01 Å². The van der Waals surface area contributed by atoms with Crippen LogP contribution < -0.4 is 9.64 Å². The summed E-state index contributed by atoms with van der Waals surface area (Å²) in [5, 5.41) is 2.94. The molecule has 0 radical (unpaired) electrons. The van der Waals surface area contributed by atoms with E-state index in [0.717, 1.165) is 55.6 Å². The monoisotopic (exact) mass is 643 g/mol. The molecule has 1 saturated carbocycles. The van der Waals surface area contributed by atoms with Crippen LogP contribution in [-0.2, 0) is 0 Å². The van der Waals surface area contributed by atoms with Crippen molar-refractivity contribution in [1.29, 1.82) is 0 Å². The second kappa shape index (κ2) is 11.8. The number of piperidine rings is 1. The molecule has 4 fully saturated rings. The van der Waals surface area contributed by atoms with Gasteiger partial charge < -0.3 is 9.64 Å². The molecule has 4 aromatic rings. The second-order valence-electron chi connectivity index (χ2n) is 13.0. The first kappa shape index (κ1) is 30.6. The number of fused-ring (bicyclic) bond motifs is 5. The van der Waals surface area contributed by atoms with Gasteiger partial charge in [0.15, 0.2) is 5.82 Å². The summed E-state index contributed by atoms with van der Waals surface area (Å²) in [6.45, 7) is 6.94. The number of pyridine rings is 1. The van der Waals surface area contributed by atoms with E-state index in [-0.39, 0.29) is 47.6 Å². The van der Waals surface area contributed by atoms with Gasteiger partial charge in [0.25, 0.3) is 0 Å². The van der Waals surface area contributed by atoms with Crippen molar-refractivity contribution >= 4 is 63.9 Å². The van der Waals surface area contributed by atoms with Crippen molar-refractivity contribution in [2.75, 3.05) is 37.7 Å². The lowest BCUT2D eigenvalue weighted by Crippen LogP contribution is -2.43. The molecule has 2 bridgehead atoms. The standard InChI is InChI=1S/C33H35ClFN5O.2ClH/c1-20-14-33(11-4-12-40(33)16-20)19-41-32-37-30-25(31(38-32)39-17-21-9-10-22(13-21)18-39)15-36-29(28(30)35)24-7-2-5-23-6-3-8-26(34)27(23)24;;/h2-3,5-8,15,20-22H,4,9-14,16-19H2,1H3;2*1H/t20-,21?,22?,33+;;/m1../s1. The van der Waals surface area contributed by atoms with Gasteiger partial charge in [-0.1, -0.05) is 48.9 Å². The van der Waals surface area contributed by atoms with Gasteiger partial charge in [0.2, 0.25) is 0 Å². The number of benzene rings is 2. The van der Waals surface area contributed by atoms with E-state index in [2.05, 4.69) is 21.7 Å². The summed E-state index contributed by atoms with van der Waals surface area (Å²) in [7, 11) is 0. The van der Waals surface area contributed by atoms with Crippen molar-refractivity contribution in [2.45, 2.75) is 51.0 Å². The number of halogens is 4. The fourth-order valence-electron chi connectivity index (χ4n) is 8.41. The number of hydrogen-bond donors (Lipinski definition) is 0. The summed E-state index contributed by atoms with van der Waals surface area (Å²) in [5.41, 5.74) is 1.20. The van der Waals surface area contributed by atoms with Crippen molar-refractivity contribution in [3.63, 3.8) is 0 Å². The maximum absolute atomic E-state index is 16.6. The van der Waals surface area contributed by atoms with Gasteiger partial charge in [-0.25, -0.2) is 4.39 Å². The van der Waals surface area contributed by atoms with Crippen molar-refractivity contribution in [3.8, 4) is 17.3 Å². The van der Waals surface area contributed by atoms with Gasteiger partial charge in [0.05, 0.1) is 10.9 Å². The fraction of sp³-hybridized carbons (Fsp3) is 0.485. The van der Waals surface area contributed by atoms with Crippen LogP contribution in [0.1, 0.15) is 45.4 Å². The molecule has 8 rings (SSSR count). The van der Waals surface area contributed by atoms with Gasteiger partial charge in [0, 0.05) is 41.8 Å². The third-order valence-corrected chi connectivity index (χ3v) is 10.4. The van der Waals surface area contributed by atoms with Crippen LogP contribution in [0.2, 0.25) is 5.02 Å². The van der Waals surface area contributed by atoms with Crippen molar-refractivity contribution in [2.24, 2.45) is 17.8 Å². The zero-order chi connectivity index (χ0) is 27.7. The molecule has 2 unspecified atom stereocenters. The molecular weight excluding hydrogens is 608 g/mol. The molecule has 0 amide bonds. The number of ether oxygens (including phenoxy) is 1. The summed E-state index contributed by atoms with van der Waals surface area (Å²) in [6, 6.07) is 11.8. The fourth-order valence-corrected chi connectivity index (χ4v) is 8.69. The molecule has 4 atom stereocenters. The average molecular weight is 645 g/mol. The minimum absolute atomic E-state index is 0. The summed E-state index contributed by atoms with van der Waals surface area (Å²) in [6.07, 6.45) is 8.96. The van der Waals surface area contributed by atoms with Crippen LogP contribution in [0.3, 0.4) is 0 Å². The molecule has 5 heterocycles. The third kappa shape index (κ3) is 5.20. The van der Waals surface area contributed by atoms with Crippen LogP contribution in [0.15, 0.2) is 42.6 Å². The van der Waals surface area contributed by atoms with Gasteiger partial charge in [-0.3, -0.25) is 9.88 Å². The minimum atomic E-state index is -0.460. The predicted molar refractivity (Wildman–Crippen MR) is 176 cm³/mol. The van der Waals surface area contributed by atoms with E-state index in [9.17, 15) is 0 Å². The Hall–Kier alpha value is -2.45. The molecule has 3 saturated heterocycles. The van der Waals surface area contributed by atoms with E-state index >= 15 is 4.39 Å². The van der Waals surface area contributed by atoms with Crippen LogP contribution in [-0.4, -0.2) is 58.2 Å². The maximum atomic E-state index is 16.6. The highest BCUT2D eigenvalue weighted by atomic mass is 35.5. The SMILES string of the molecule is C[C@H]1CN2CCC[C@@]2(COc2nc(N3CC4CCC(C4)C3)c3cnc(-c4cccc5cccc(Cl)c45)c(F)c3n2)C1.Cl.Cl. The second-order valence-corrected chi connectivity index (χ2v) is 13.4. The van der Waals surface area contributed by atoms with E-state index in [4.69, 9.17) is 26.3 Å². The average Bonchev–Trinajstić information content (AvgIpc) is 3.62. The van der Waals surface area contributed by atoms with Gasteiger partial charge in [-0.05, 0) is 74.3 Å². The zero-order valence-electron chi connectivity index (χ0n) is 24.3. The highest BCUT2D eigenvalue weighted by Crippen LogP contribution is 2.43. The molecule has 2 aromatic heterocycles. The first-order valence-corrected chi connectivity index (χ1v) is 15.5. The van der Waals surface area contributed by atoms with Gasteiger partial charge in [0.1, 0.15) is 23.6 Å². The number of aromatic nitrogens is 3. The van der Waals surface area contributed by atoms with Crippen LogP contribution in [0.25, 0.3) is 32.9 Å². The number of hydrogen-bond acceptors (Lipinski definition) is 6. The molecule has 2 aromatic carbocycles. The Labute approximate surface area is 269 Å². The lowest BCUT2D eigenvalue weighted by atomic mass is 9.92. The highest BCUT2D eigenvalue weighted by molar-refractivity contribution is 6.36. The van der Waals surface area contributed by atoms with Gasteiger partial charge in [-0.2, -0.15) is 9.97 Å². The zero-order valence-corrected chi connectivity index (χ0v) is 26.7. The third-order valence-electron chi connectivity index (χ3n) is 10.1. The Balaban J connectivity index is 0.00000165. The first-order chi connectivity index (χ1) is 20.0. The van der Waals surface area contributed by atoms with Crippen LogP contribution in [0.5, 0.6) is 6.01 Å². The molecule has 1 aliphatic carbocycles. The lowest BCUT2D eigenvalue weighted by molar-refractivity contribution is 0.107. The summed E-state index contributed by atoms with van der Waals surface area (Å²) in [4.78, 5) is 19.3. The van der Waals surface area contributed by atoms with E-state index in [1.165, 1.54) is 25.7 Å². The van der Waals surface area contributed by atoms with Crippen LogP contribution in [0.4, 0.5) is 10.2 Å². The first-order valence-electron chi connectivity index (χ1n) is 15.1. The molecule has 0 N–H and O–H groups in total. The minimum Gasteiger partial charge on any atom is -0.461 e. The number of anilines is 1. The van der Waals surface area contributed by atoms with E-state index < -0.39 is 5.82 Å². The van der Waals surface area contributed by atoms with Crippen LogP contribution in [0, 0.1) is 23.6 Å². The van der Waals surface area contributed by atoms with E-state index in [0.29, 0.717) is 40.3 Å². The summed E-state index contributed by atoms with van der Waals surface area (Å²) >= 11 is 6.62. The smallest absolute Gasteiger partial charge is 0.319 e. The van der Waals surface area contributed by atoms with Crippen molar-refractivity contribution in [1.82, 2.24) is 19.9 Å². The largest absolute Gasteiger partial charge is 0.461 e. The highest BCUT2D eigenvalue weighted by Gasteiger charge is 2.48. The van der Waals surface area contributed by atoms with Crippen molar-refractivity contribution in [3.05, 3.63) is 53.4 Å². The molecule has 0 spiro atoms. The molecule has 43 heavy (non-hydrogen) atoms. The Kier molecular flexibility index (Phi) is 8.40. The normalized spacial score (nSPS) is 26.4. The number of nitrogens with zero attached hydrogens (tertiary/aromatic N) is 5. The Bertz CT molecular complexity index is 1660.